The van der Waals surface area contributed by atoms with Crippen molar-refractivity contribution >= 4 is 17.3 Å². The van der Waals surface area contributed by atoms with Crippen molar-refractivity contribution in [1.29, 1.82) is 0 Å². The number of ether oxygens (including phenoxy) is 2. The fourth-order valence-electron chi connectivity index (χ4n) is 6.64. The van der Waals surface area contributed by atoms with Crippen LogP contribution in [0.25, 0.3) is 11.1 Å². The number of fused-ring (bicyclic) bond motifs is 3. The van der Waals surface area contributed by atoms with Gasteiger partial charge in [-0.3, -0.25) is 14.5 Å². The smallest absolute Gasteiger partial charge is 0.195 e. The first-order valence-electron chi connectivity index (χ1n) is 12.5. The second kappa shape index (κ2) is 9.15. The van der Waals surface area contributed by atoms with Crippen molar-refractivity contribution in [3.8, 4) is 16.9 Å². The summed E-state index contributed by atoms with van der Waals surface area (Å²) in [5, 5.41) is 3.66. The maximum atomic E-state index is 14.3. The van der Waals surface area contributed by atoms with Crippen LogP contribution in [0, 0.1) is 11.8 Å². The zero-order valence-corrected chi connectivity index (χ0v) is 21.0. The summed E-state index contributed by atoms with van der Waals surface area (Å²) in [4.78, 5) is 29.2. The lowest BCUT2D eigenvalue weighted by atomic mass is 9.71. The minimum atomic E-state index is -0.711. The number of hydrogen-bond donors (Lipinski definition) is 1. The first-order chi connectivity index (χ1) is 16.9. The summed E-state index contributed by atoms with van der Waals surface area (Å²) >= 11 is 0. The predicted octanol–water partition coefficient (Wildman–Crippen LogP) is 4.95. The number of nitrogens with zero attached hydrogens (tertiary/aromatic N) is 1. The van der Waals surface area contributed by atoms with Gasteiger partial charge >= 0.3 is 0 Å². The number of Topliss-reactive ketones (excluding diaryl/α,β-unsaturated/α-hetero) is 2. The summed E-state index contributed by atoms with van der Waals surface area (Å²) in [5.41, 5.74) is 3.44. The Balaban J connectivity index is 1.54. The van der Waals surface area contributed by atoms with Gasteiger partial charge < -0.3 is 14.8 Å². The third-order valence-electron chi connectivity index (χ3n) is 8.33. The Bertz CT molecular complexity index is 1170. The Hall–Kier alpha value is -3.12. The standard InChI is InChI=1S/C29H34N2O4/c1-5-19-16-31-14-13-29(25(31)15-22(19)23(17-34-3)18(2)32)28(33)26-24(30-29)12-11-21(27(26)35-4)20-9-7-6-8-10-20/h6-12,17,19,22,25,30H,5,13-16H2,1-4H3/b23-17-/t19-,22+,25?,29+/m1/s1. The van der Waals surface area contributed by atoms with E-state index in [2.05, 4.69) is 17.1 Å². The Morgan fingerprint density at radius 2 is 1.97 bits per heavy atom. The molecule has 1 unspecified atom stereocenters. The van der Waals surface area contributed by atoms with Crippen LogP contribution in [0.1, 0.15) is 43.5 Å². The van der Waals surface area contributed by atoms with Crippen molar-refractivity contribution in [2.75, 3.05) is 32.6 Å². The highest BCUT2D eigenvalue weighted by Gasteiger charge is 2.59. The zero-order chi connectivity index (χ0) is 24.7. The van der Waals surface area contributed by atoms with Gasteiger partial charge in [0.1, 0.15) is 11.3 Å². The number of benzene rings is 2. The molecule has 0 amide bonds. The second-order valence-electron chi connectivity index (χ2n) is 10.00. The van der Waals surface area contributed by atoms with Gasteiger partial charge in [-0.1, -0.05) is 43.7 Å². The fourth-order valence-corrected chi connectivity index (χ4v) is 6.64. The highest BCUT2D eigenvalue weighted by molar-refractivity contribution is 6.17. The molecule has 0 saturated carbocycles. The van der Waals surface area contributed by atoms with Crippen molar-refractivity contribution in [2.24, 2.45) is 11.8 Å². The number of rotatable bonds is 6. The van der Waals surface area contributed by atoms with Crippen LogP contribution in [0.2, 0.25) is 0 Å². The van der Waals surface area contributed by atoms with Gasteiger partial charge in [-0.15, -0.1) is 0 Å². The molecule has 0 aromatic heterocycles. The van der Waals surface area contributed by atoms with Gasteiger partial charge in [0.2, 0.25) is 0 Å². The number of hydrogen-bond acceptors (Lipinski definition) is 6. The molecule has 3 aliphatic rings. The van der Waals surface area contributed by atoms with E-state index in [1.165, 1.54) is 0 Å². The van der Waals surface area contributed by atoms with Gasteiger partial charge in [0.15, 0.2) is 11.6 Å². The SMILES string of the molecule is CC[C@@H]1CN2CC[C@]3(Nc4ccc(-c5ccccc5)c(OC)c4C3=O)C2C[C@@H]1/C(=C\OC)C(C)=O. The van der Waals surface area contributed by atoms with Crippen LogP contribution in [-0.2, 0) is 9.53 Å². The van der Waals surface area contributed by atoms with Crippen LogP contribution in [0.3, 0.4) is 0 Å². The molecule has 0 radical (unpaired) electrons. The molecule has 2 aromatic carbocycles. The van der Waals surface area contributed by atoms with Crippen LogP contribution in [0.4, 0.5) is 5.69 Å². The number of carbonyl (C=O) groups is 2. The third kappa shape index (κ3) is 3.66. The van der Waals surface area contributed by atoms with Crippen LogP contribution < -0.4 is 10.1 Å². The summed E-state index contributed by atoms with van der Waals surface area (Å²) in [5.74, 6) is 1.19. The number of methoxy groups -OCH3 is 2. The lowest BCUT2D eigenvalue weighted by Crippen LogP contribution is -2.57. The molecule has 3 aliphatic heterocycles. The maximum absolute atomic E-state index is 14.3. The maximum Gasteiger partial charge on any atom is 0.195 e. The van der Waals surface area contributed by atoms with Crippen LogP contribution in [0.5, 0.6) is 5.75 Å². The fraction of sp³-hybridized carbons (Fsp3) is 0.448. The van der Waals surface area contributed by atoms with Gasteiger partial charge in [0.05, 0.1) is 26.0 Å². The Kier molecular flexibility index (Phi) is 6.18. The number of allylic oxidation sites excluding steroid dienone is 1. The molecular weight excluding hydrogens is 440 g/mol. The van der Waals surface area contributed by atoms with E-state index in [4.69, 9.17) is 9.47 Å². The Labute approximate surface area is 207 Å². The summed E-state index contributed by atoms with van der Waals surface area (Å²) in [7, 11) is 3.23. The van der Waals surface area contributed by atoms with Crippen molar-refractivity contribution in [3.05, 3.63) is 59.9 Å². The van der Waals surface area contributed by atoms with E-state index in [1.807, 2.05) is 42.5 Å². The molecule has 2 fully saturated rings. The highest BCUT2D eigenvalue weighted by atomic mass is 16.5. The topological polar surface area (TPSA) is 67.9 Å². The van der Waals surface area contributed by atoms with Crippen LogP contribution in [-0.4, -0.2) is 55.4 Å². The lowest BCUT2D eigenvalue weighted by Gasteiger charge is -2.45. The van der Waals surface area contributed by atoms with E-state index in [9.17, 15) is 9.59 Å². The van der Waals surface area contributed by atoms with E-state index in [-0.39, 0.29) is 23.5 Å². The molecule has 3 heterocycles. The second-order valence-corrected chi connectivity index (χ2v) is 10.00. The van der Waals surface area contributed by atoms with Crippen molar-refractivity contribution < 1.29 is 19.1 Å². The van der Waals surface area contributed by atoms with Gasteiger partial charge in [-0.25, -0.2) is 0 Å². The summed E-state index contributed by atoms with van der Waals surface area (Å²) in [6, 6.07) is 14.1. The molecule has 184 valence electrons. The monoisotopic (exact) mass is 474 g/mol. The molecule has 0 aliphatic carbocycles. The molecular formula is C29H34N2O4. The molecule has 0 bridgehead atoms. The quantitative estimate of drug-likeness (QED) is 0.472. The number of ketones is 2. The molecule has 1 N–H and O–H groups in total. The normalized spacial score (nSPS) is 27.9. The summed E-state index contributed by atoms with van der Waals surface area (Å²) in [6.45, 7) is 5.52. The molecule has 2 aromatic rings. The average molecular weight is 475 g/mol. The van der Waals surface area contributed by atoms with Gasteiger partial charge in [0, 0.05) is 36.0 Å². The minimum absolute atomic E-state index is 0.000289. The highest BCUT2D eigenvalue weighted by Crippen LogP contribution is 2.52. The van der Waals surface area contributed by atoms with E-state index < -0.39 is 5.54 Å². The van der Waals surface area contributed by atoms with Gasteiger partial charge in [-0.2, -0.15) is 0 Å². The minimum Gasteiger partial charge on any atom is -0.504 e. The number of nitrogens with one attached hydrogen (secondary N) is 1. The largest absolute Gasteiger partial charge is 0.504 e. The molecule has 6 heteroatoms. The number of carbonyl (C=O) groups excluding carboxylic acids is 2. The molecule has 2 saturated heterocycles. The van der Waals surface area contributed by atoms with E-state index in [1.54, 1.807) is 27.4 Å². The molecule has 5 rings (SSSR count). The number of anilines is 1. The third-order valence-corrected chi connectivity index (χ3v) is 8.33. The van der Waals surface area contributed by atoms with Crippen molar-refractivity contribution in [2.45, 2.75) is 44.7 Å². The van der Waals surface area contributed by atoms with Gasteiger partial charge in [0.25, 0.3) is 0 Å². The van der Waals surface area contributed by atoms with Crippen molar-refractivity contribution in [3.63, 3.8) is 0 Å². The van der Waals surface area contributed by atoms with E-state index >= 15 is 0 Å². The Morgan fingerprint density at radius 1 is 1.20 bits per heavy atom. The van der Waals surface area contributed by atoms with Gasteiger partial charge in [-0.05, 0) is 49.3 Å². The first-order valence-corrected chi connectivity index (χ1v) is 12.5. The average Bonchev–Trinajstić information content (AvgIpc) is 3.38. The molecule has 1 spiro atoms. The van der Waals surface area contributed by atoms with Crippen LogP contribution in [0.15, 0.2) is 54.3 Å². The predicted molar refractivity (Wildman–Crippen MR) is 137 cm³/mol. The first kappa shape index (κ1) is 23.6. The van der Waals surface area contributed by atoms with Crippen LogP contribution >= 0.6 is 0 Å². The molecule has 6 nitrogen and oxygen atoms in total. The van der Waals surface area contributed by atoms with E-state index in [0.29, 0.717) is 17.2 Å². The lowest BCUT2D eigenvalue weighted by molar-refractivity contribution is -0.114. The van der Waals surface area contributed by atoms with E-state index in [0.717, 1.165) is 54.7 Å². The Morgan fingerprint density at radius 3 is 2.63 bits per heavy atom. The number of piperidine rings is 1. The summed E-state index contributed by atoms with van der Waals surface area (Å²) in [6.07, 6.45) is 4.07. The van der Waals surface area contributed by atoms with Crippen molar-refractivity contribution in [1.82, 2.24) is 4.90 Å². The zero-order valence-electron chi connectivity index (χ0n) is 21.0. The molecule has 4 atom stereocenters. The summed E-state index contributed by atoms with van der Waals surface area (Å²) < 4.78 is 11.2. The molecule has 35 heavy (non-hydrogen) atoms.